The molecule has 6 nitrogen and oxygen atoms in total. The van der Waals surface area contributed by atoms with Gasteiger partial charge < -0.3 is 9.47 Å². The van der Waals surface area contributed by atoms with Crippen LogP contribution in [0.15, 0.2) is 0 Å². The summed E-state index contributed by atoms with van der Waals surface area (Å²) in [6.45, 7) is 5.89. The highest BCUT2D eigenvalue weighted by atomic mass is 16.6. The van der Waals surface area contributed by atoms with Crippen molar-refractivity contribution in [1.82, 2.24) is 10.2 Å². The Morgan fingerprint density at radius 3 is 2.82 bits per heavy atom. The van der Waals surface area contributed by atoms with Gasteiger partial charge in [0, 0.05) is 6.54 Å². The molecule has 1 unspecified atom stereocenters. The molecule has 96 valence electrons. The summed E-state index contributed by atoms with van der Waals surface area (Å²) in [7, 11) is 1.32. The van der Waals surface area contributed by atoms with Gasteiger partial charge in [0.1, 0.15) is 6.23 Å². The zero-order chi connectivity index (χ0) is 12.8. The van der Waals surface area contributed by atoms with Crippen molar-refractivity contribution in [3.63, 3.8) is 0 Å². The number of hydrogen-bond donors (Lipinski definition) is 1. The van der Waals surface area contributed by atoms with Crippen molar-refractivity contribution < 1.29 is 19.1 Å². The number of carbonyl (C=O) groups excluding carboxylic acids is 2. The van der Waals surface area contributed by atoms with Crippen LogP contribution in [0, 0.1) is 0 Å². The van der Waals surface area contributed by atoms with Crippen LogP contribution in [0.3, 0.4) is 0 Å². The first kappa shape index (κ1) is 12.3. The first-order valence-electron chi connectivity index (χ1n) is 5.69. The van der Waals surface area contributed by atoms with Crippen molar-refractivity contribution >= 4 is 11.9 Å². The van der Waals surface area contributed by atoms with E-state index < -0.39 is 17.6 Å². The maximum atomic E-state index is 12.3. The third kappa shape index (κ3) is 1.81. The van der Waals surface area contributed by atoms with Gasteiger partial charge in [-0.05, 0) is 20.8 Å². The van der Waals surface area contributed by atoms with Gasteiger partial charge >= 0.3 is 5.97 Å². The number of piperazine rings is 1. The van der Waals surface area contributed by atoms with Gasteiger partial charge in [-0.1, -0.05) is 0 Å². The summed E-state index contributed by atoms with van der Waals surface area (Å²) in [6, 6.07) is -0.640. The molecule has 1 N–H and O–H groups in total. The standard InChI is InChI=1S/C11H18N2O4/c1-6-8(9(14)16-4)13-7(17-6)5-12-11(2,3)10(13)15/h6-8,12H,5H2,1-4H3/t6-,7?,8+/m1/s1. The van der Waals surface area contributed by atoms with Gasteiger partial charge in [-0.3, -0.25) is 15.0 Å². The van der Waals surface area contributed by atoms with Crippen LogP contribution in [-0.4, -0.2) is 54.3 Å². The van der Waals surface area contributed by atoms with Crippen molar-refractivity contribution in [1.29, 1.82) is 0 Å². The van der Waals surface area contributed by atoms with E-state index >= 15 is 0 Å². The van der Waals surface area contributed by atoms with E-state index in [0.717, 1.165) is 0 Å². The first-order valence-corrected chi connectivity index (χ1v) is 5.69. The lowest BCUT2D eigenvalue weighted by Gasteiger charge is -2.40. The average molecular weight is 242 g/mol. The third-order valence-electron chi connectivity index (χ3n) is 3.36. The van der Waals surface area contributed by atoms with E-state index in [1.54, 1.807) is 20.8 Å². The second-order valence-corrected chi connectivity index (χ2v) is 4.98. The summed E-state index contributed by atoms with van der Waals surface area (Å²) in [4.78, 5) is 25.5. The number of amides is 1. The molecular formula is C11H18N2O4. The molecule has 0 saturated carbocycles. The predicted molar refractivity (Wildman–Crippen MR) is 59.1 cm³/mol. The SMILES string of the molecule is COC(=O)[C@@H]1[C@@H](C)OC2CNC(C)(C)C(=O)N21. The van der Waals surface area contributed by atoms with Gasteiger partial charge in [-0.2, -0.15) is 0 Å². The van der Waals surface area contributed by atoms with E-state index in [9.17, 15) is 9.59 Å². The normalized spacial score (nSPS) is 35.6. The summed E-state index contributed by atoms with van der Waals surface area (Å²) in [5.41, 5.74) is -0.670. The minimum absolute atomic E-state index is 0.131. The molecule has 2 saturated heterocycles. The van der Waals surface area contributed by atoms with E-state index in [1.165, 1.54) is 12.0 Å². The Labute approximate surface area is 100 Å². The molecule has 2 heterocycles. The predicted octanol–water partition coefficient (Wildman–Crippen LogP) is -0.517. The van der Waals surface area contributed by atoms with Crippen LogP contribution in [0.2, 0.25) is 0 Å². The number of nitrogens with one attached hydrogen (secondary N) is 1. The fraction of sp³-hybridized carbons (Fsp3) is 0.818. The topological polar surface area (TPSA) is 67.9 Å². The van der Waals surface area contributed by atoms with E-state index in [2.05, 4.69) is 5.32 Å². The van der Waals surface area contributed by atoms with E-state index in [4.69, 9.17) is 9.47 Å². The van der Waals surface area contributed by atoms with Crippen LogP contribution in [0.5, 0.6) is 0 Å². The number of nitrogens with zero attached hydrogens (tertiary/aromatic N) is 1. The number of rotatable bonds is 1. The zero-order valence-corrected chi connectivity index (χ0v) is 10.5. The number of carbonyl (C=O) groups is 2. The largest absolute Gasteiger partial charge is 0.467 e. The molecule has 2 rings (SSSR count). The van der Waals surface area contributed by atoms with Crippen LogP contribution < -0.4 is 5.32 Å². The molecule has 0 spiro atoms. The fourth-order valence-electron chi connectivity index (χ4n) is 2.36. The van der Waals surface area contributed by atoms with Crippen LogP contribution in [0.1, 0.15) is 20.8 Å². The van der Waals surface area contributed by atoms with Crippen molar-refractivity contribution in [2.75, 3.05) is 13.7 Å². The van der Waals surface area contributed by atoms with Crippen molar-refractivity contribution in [3.05, 3.63) is 0 Å². The summed E-state index contributed by atoms with van der Waals surface area (Å²) >= 11 is 0. The highest BCUT2D eigenvalue weighted by molar-refractivity contribution is 5.91. The van der Waals surface area contributed by atoms with Crippen LogP contribution in [0.25, 0.3) is 0 Å². The second-order valence-electron chi connectivity index (χ2n) is 4.98. The molecule has 2 fully saturated rings. The van der Waals surface area contributed by atoms with Crippen LogP contribution in [-0.2, 0) is 19.1 Å². The fourth-order valence-corrected chi connectivity index (χ4v) is 2.36. The van der Waals surface area contributed by atoms with Gasteiger partial charge in [0.05, 0.1) is 18.8 Å². The van der Waals surface area contributed by atoms with Gasteiger partial charge in [0.2, 0.25) is 5.91 Å². The lowest BCUT2D eigenvalue weighted by molar-refractivity contribution is -0.158. The smallest absolute Gasteiger partial charge is 0.331 e. The highest BCUT2D eigenvalue weighted by Crippen LogP contribution is 2.30. The molecule has 17 heavy (non-hydrogen) atoms. The molecule has 0 radical (unpaired) electrons. The maximum absolute atomic E-state index is 12.3. The van der Waals surface area contributed by atoms with Crippen molar-refractivity contribution in [2.45, 2.75) is 44.7 Å². The molecule has 2 aliphatic rings. The number of fused-ring (bicyclic) bond motifs is 1. The van der Waals surface area contributed by atoms with E-state index in [0.29, 0.717) is 6.54 Å². The van der Waals surface area contributed by atoms with Gasteiger partial charge in [0.15, 0.2) is 6.04 Å². The molecule has 1 amide bonds. The average Bonchev–Trinajstić information content (AvgIpc) is 2.60. The van der Waals surface area contributed by atoms with E-state index in [1.807, 2.05) is 0 Å². The number of hydrogen-bond acceptors (Lipinski definition) is 5. The van der Waals surface area contributed by atoms with Gasteiger partial charge in [0.25, 0.3) is 0 Å². The highest BCUT2D eigenvalue weighted by Gasteiger charge is 2.53. The molecule has 0 aromatic carbocycles. The lowest BCUT2D eigenvalue weighted by Crippen LogP contribution is -2.66. The second kappa shape index (κ2) is 3.96. The molecule has 6 heteroatoms. The summed E-state index contributed by atoms with van der Waals surface area (Å²) in [5, 5.41) is 3.11. The molecule has 0 aromatic heterocycles. The first-order chi connectivity index (χ1) is 7.88. The van der Waals surface area contributed by atoms with Crippen molar-refractivity contribution in [2.24, 2.45) is 0 Å². The molecule has 3 atom stereocenters. The Morgan fingerprint density at radius 2 is 2.24 bits per heavy atom. The zero-order valence-electron chi connectivity index (χ0n) is 10.5. The van der Waals surface area contributed by atoms with Crippen molar-refractivity contribution in [3.8, 4) is 0 Å². The third-order valence-corrected chi connectivity index (χ3v) is 3.36. The Hall–Kier alpha value is -1.14. The summed E-state index contributed by atoms with van der Waals surface area (Å²) in [6.07, 6.45) is -0.721. The molecule has 0 bridgehead atoms. The summed E-state index contributed by atoms with van der Waals surface area (Å²) in [5.74, 6) is -0.556. The maximum Gasteiger partial charge on any atom is 0.331 e. The lowest BCUT2D eigenvalue weighted by atomic mass is 9.98. The number of ether oxygens (including phenoxy) is 2. The quantitative estimate of drug-likeness (QED) is 0.627. The summed E-state index contributed by atoms with van der Waals surface area (Å²) < 4.78 is 10.3. The Kier molecular flexibility index (Phi) is 2.87. The Bertz CT molecular complexity index is 355. The molecular weight excluding hydrogens is 224 g/mol. The molecule has 0 aliphatic carbocycles. The van der Waals surface area contributed by atoms with Crippen LogP contribution >= 0.6 is 0 Å². The molecule has 2 aliphatic heterocycles. The minimum Gasteiger partial charge on any atom is -0.467 e. The van der Waals surface area contributed by atoms with E-state index in [-0.39, 0.29) is 18.2 Å². The molecule has 0 aromatic rings. The van der Waals surface area contributed by atoms with Gasteiger partial charge in [-0.25, -0.2) is 4.79 Å². The Morgan fingerprint density at radius 1 is 1.59 bits per heavy atom. The monoisotopic (exact) mass is 242 g/mol. The Balaban J connectivity index is 2.30. The minimum atomic E-state index is -0.670. The number of methoxy groups -OCH3 is 1. The van der Waals surface area contributed by atoms with Crippen LogP contribution in [0.4, 0.5) is 0 Å². The number of esters is 1. The van der Waals surface area contributed by atoms with Gasteiger partial charge in [-0.15, -0.1) is 0 Å².